The molecule has 0 saturated heterocycles. The quantitative estimate of drug-likeness (QED) is 0.541. The van der Waals surface area contributed by atoms with Gasteiger partial charge in [-0.1, -0.05) is 6.07 Å². The molecule has 1 fully saturated rings. The maximum absolute atomic E-state index is 13.6. The van der Waals surface area contributed by atoms with Crippen LogP contribution < -0.4 is 11.1 Å². The van der Waals surface area contributed by atoms with Crippen LogP contribution in [0.4, 0.5) is 10.1 Å². The van der Waals surface area contributed by atoms with Crippen molar-refractivity contribution in [3.8, 4) is 0 Å². The maximum Gasteiger partial charge on any atom is 0.223 e. The van der Waals surface area contributed by atoms with E-state index in [2.05, 4.69) is 14.9 Å². The number of amides is 1. The van der Waals surface area contributed by atoms with Crippen LogP contribution >= 0.6 is 0 Å². The van der Waals surface area contributed by atoms with Gasteiger partial charge >= 0.3 is 0 Å². The first-order valence-corrected chi connectivity index (χ1v) is 9.90. The highest BCUT2D eigenvalue weighted by Gasteiger charge is 2.33. The number of halogens is 1. The lowest BCUT2D eigenvalue weighted by Gasteiger charge is -2.25. The Balaban J connectivity index is 1.52. The molecule has 2 aliphatic carbocycles. The van der Waals surface area contributed by atoms with Gasteiger partial charge in [-0.15, -0.1) is 0 Å². The molecule has 0 unspecified atom stereocenters. The number of carbonyl (C=O) groups is 1. The van der Waals surface area contributed by atoms with Crippen LogP contribution in [-0.2, 0) is 24.2 Å². The molecule has 2 heterocycles. The van der Waals surface area contributed by atoms with Crippen molar-refractivity contribution in [2.24, 2.45) is 5.92 Å². The second-order valence-corrected chi connectivity index (χ2v) is 7.96. The first-order valence-electron chi connectivity index (χ1n) is 9.90. The number of hydrogen-bond donors (Lipinski definition) is 2. The molecule has 5 nitrogen and oxygen atoms in total. The molecule has 1 saturated carbocycles. The Bertz CT molecular complexity index is 1070. The highest BCUT2D eigenvalue weighted by molar-refractivity contribution is 5.89. The molecule has 2 aliphatic rings. The molecule has 0 radical (unpaired) electrons. The monoisotopic (exact) mass is 378 g/mol. The van der Waals surface area contributed by atoms with Crippen LogP contribution in [-0.4, -0.2) is 21.5 Å². The van der Waals surface area contributed by atoms with Gasteiger partial charge in [0.15, 0.2) is 0 Å². The molecular formula is C22H23FN4O. The van der Waals surface area contributed by atoms with Crippen molar-refractivity contribution in [3.63, 3.8) is 0 Å². The molecule has 0 spiro atoms. The van der Waals surface area contributed by atoms with E-state index in [1.807, 2.05) is 24.3 Å². The normalized spacial score (nSPS) is 18.8. The third kappa shape index (κ3) is 3.13. The third-order valence-electron chi connectivity index (χ3n) is 5.88. The smallest absolute Gasteiger partial charge is 0.223 e. The van der Waals surface area contributed by atoms with E-state index < -0.39 is 5.95 Å². The minimum atomic E-state index is -0.463. The average Bonchev–Trinajstić information content (AvgIpc) is 3.48. The summed E-state index contributed by atoms with van der Waals surface area (Å²) in [4.78, 5) is 16.2. The van der Waals surface area contributed by atoms with Crippen LogP contribution in [0.25, 0.3) is 10.9 Å². The van der Waals surface area contributed by atoms with Gasteiger partial charge in [-0.25, -0.2) is 4.98 Å². The standard InChI is InChI=1S/C22H23FN4O/c23-21-3-1-2-16(25-21)12-27-19-8-6-14(24)10-17(19)18-11-15(7-9-20(18)27)26-22(28)13-4-5-13/h1-3,6,8,10,13,15H,4-5,7,9,11-12,24H2,(H,26,28)/t15-/m1/s1. The summed E-state index contributed by atoms with van der Waals surface area (Å²) >= 11 is 0. The molecule has 3 N–H and O–H groups in total. The summed E-state index contributed by atoms with van der Waals surface area (Å²) in [6.07, 6.45) is 4.61. The molecule has 144 valence electrons. The molecule has 0 aliphatic heterocycles. The SMILES string of the molecule is Nc1ccc2c(c1)c1c(n2Cc2cccc(F)n2)CC[C@@H](NC(=O)C2CC2)C1. The van der Waals surface area contributed by atoms with Gasteiger partial charge in [0.05, 0.1) is 12.2 Å². The average molecular weight is 378 g/mol. The van der Waals surface area contributed by atoms with Gasteiger partial charge in [-0.3, -0.25) is 4.79 Å². The second-order valence-electron chi connectivity index (χ2n) is 7.96. The molecule has 3 aromatic rings. The topological polar surface area (TPSA) is 72.9 Å². The van der Waals surface area contributed by atoms with Crippen LogP contribution in [0.3, 0.4) is 0 Å². The highest BCUT2D eigenvalue weighted by atomic mass is 19.1. The summed E-state index contributed by atoms with van der Waals surface area (Å²) in [6.45, 7) is 0.520. The summed E-state index contributed by atoms with van der Waals surface area (Å²) in [5, 5.41) is 4.35. The molecule has 1 aromatic carbocycles. The number of anilines is 1. The van der Waals surface area contributed by atoms with E-state index in [-0.39, 0.29) is 17.9 Å². The van der Waals surface area contributed by atoms with Gasteiger partial charge in [-0.2, -0.15) is 4.39 Å². The molecular weight excluding hydrogens is 355 g/mol. The maximum atomic E-state index is 13.6. The van der Waals surface area contributed by atoms with Crippen molar-refractivity contribution in [1.82, 2.24) is 14.9 Å². The molecule has 2 aromatic heterocycles. The fourth-order valence-corrected chi connectivity index (χ4v) is 4.34. The Morgan fingerprint density at radius 1 is 1.25 bits per heavy atom. The van der Waals surface area contributed by atoms with E-state index in [4.69, 9.17) is 5.73 Å². The lowest BCUT2D eigenvalue weighted by atomic mass is 9.91. The first-order chi connectivity index (χ1) is 13.6. The minimum absolute atomic E-state index is 0.161. The molecule has 1 atom stereocenters. The number of hydrogen-bond acceptors (Lipinski definition) is 3. The number of fused-ring (bicyclic) bond motifs is 3. The number of rotatable bonds is 4. The highest BCUT2D eigenvalue weighted by Crippen LogP contribution is 2.35. The van der Waals surface area contributed by atoms with Crippen LogP contribution in [0, 0.1) is 11.9 Å². The molecule has 0 bridgehead atoms. The van der Waals surface area contributed by atoms with E-state index in [1.165, 1.54) is 17.3 Å². The van der Waals surface area contributed by atoms with Crippen LogP contribution in [0.15, 0.2) is 36.4 Å². The van der Waals surface area contributed by atoms with E-state index in [0.717, 1.165) is 48.7 Å². The summed E-state index contributed by atoms with van der Waals surface area (Å²) in [6, 6.07) is 11.0. The van der Waals surface area contributed by atoms with E-state index >= 15 is 0 Å². The second kappa shape index (κ2) is 6.62. The van der Waals surface area contributed by atoms with Gasteiger partial charge in [0, 0.05) is 34.2 Å². The Labute approximate surface area is 162 Å². The summed E-state index contributed by atoms with van der Waals surface area (Å²) in [5.41, 5.74) is 11.0. The molecule has 1 amide bonds. The molecule has 6 heteroatoms. The lowest BCUT2D eigenvalue weighted by Crippen LogP contribution is -2.39. The van der Waals surface area contributed by atoms with Crippen LogP contribution in [0.2, 0.25) is 0 Å². The Morgan fingerprint density at radius 3 is 2.89 bits per heavy atom. The van der Waals surface area contributed by atoms with Crippen LogP contribution in [0.5, 0.6) is 0 Å². The largest absolute Gasteiger partial charge is 0.399 e. The van der Waals surface area contributed by atoms with Crippen molar-refractivity contribution in [2.45, 2.75) is 44.7 Å². The zero-order valence-electron chi connectivity index (χ0n) is 15.6. The fraction of sp³-hybridized carbons (Fsp3) is 0.364. The number of nitrogens with zero attached hydrogens (tertiary/aromatic N) is 2. The number of nitrogens with two attached hydrogens (primary N) is 1. The zero-order chi connectivity index (χ0) is 19.3. The third-order valence-corrected chi connectivity index (χ3v) is 5.88. The van der Waals surface area contributed by atoms with E-state index in [0.29, 0.717) is 12.2 Å². The fourth-order valence-electron chi connectivity index (χ4n) is 4.34. The number of carbonyl (C=O) groups excluding carboxylic acids is 1. The van der Waals surface area contributed by atoms with Crippen molar-refractivity contribution < 1.29 is 9.18 Å². The van der Waals surface area contributed by atoms with Gasteiger partial charge in [0.1, 0.15) is 0 Å². The number of aromatic nitrogens is 2. The van der Waals surface area contributed by atoms with Gasteiger partial charge < -0.3 is 15.6 Å². The van der Waals surface area contributed by atoms with Gasteiger partial charge in [0.2, 0.25) is 11.9 Å². The van der Waals surface area contributed by atoms with Crippen molar-refractivity contribution in [3.05, 3.63) is 59.3 Å². The predicted molar refractivity (Wildman–Crippen MR) is 106 cm³/mol. The first kappa shape index (κ1) is 17.2. The number of nitrogens with one attached hydrogen (secondary N) is 1. The minimum Gasteiger partial charge on any atom is -0.399 e. The zero-order valence-corrected chi connectivity index (χ0v) is 15.6. The Kier molecular flexibility index (Phi) is 4.07. The number of benzene rings is 1. The Morgan fingerprint density at radius 2 is 2.11 bits per heavy atom. The lowest BCUT2D eigenvalue weighted by molar-refractivity contribution is -0.123. The van der Waals surface area contributed by atoms with E-state index in [9.17, 15) is 9.18 Å². The number of nitrogen functional groups attached to an aromatic ring is 1. The number of pyridine rings is 1. The van der Waals surface area contributed by atoms with Gasteiger partial charge in [-0.05, 0) is 68.0 Å². The predicted octanol–water partition coefficient (Wildman–Crippen LogP) is 3.19. The van der Waals surface area contributed by atoms with Crippen molar-refractivity contribution in [1.29, 1.82) is 0 Å². The van der Waals surface area contributed by atoms with Crippen molar-refractivity contribution >= 4 is 22.5 Å². The van der Waals surface area contributed by atoms with Crippen molar-refractivity contribution in [2.75, 3.05) is 5.73 Å². The molecule has 28 heavy (non-hydrogen) atoms. The van der Waals surface area contributed by atoms with E-state index in [1.54, 1.807) is 6.07 Å². The van der Waals surface area contributed by atoms with Crippen LogP contribution in [0.1, 0.15) is 36.2 Å². The Hall–Kier alpha value is -2.89. The van der Waals surface area contributed by atoms with Gasteiger partial charge in [0.25, 0.3) is 0 Å². The summed E-state index contributed by atoms with van der Waals surface area (Å²) in [7, 11) is 0. The molecule has 5 rings (SSSR count). The summed E-state index contributed by atoms with van der Waals surface area (Å²) < 4.78 is 15.8. The summed E-state index contributed by atoms with van der Waals surface area (Å²) in [5.74, 6) is -0.0481.